The molecule has 0 heterocycles. The summed E-state index contributed by atoms with van der Waals surface area (Å²) in [4.78, 5) is 4.64. The number of hydrogen-bond donors (Lipinski definition) is 2. The van der Waals surface area contributed by atoms with Gasteiger partial charge in [0.1, 0.15) is 0 Å². The molecule has 0 saturated heterocycles. The van der Waals surface area contributed by atoms with E-state index in [0.29, 0.717) is 0 Å². The molecule has 112 valence electrons. The van der Waals surface area contributed by atoms with Crippen molar-refractivity contribution >= 4 is 5.84 Å². The van der Waals surface area contributed by atoms with E-state index in [4.69, 9.17) is 10.9 Å². The highest BCUT2D eigenvalue weighted by atomic mass is 16.4. The SMILES string of the molecule is CCCN(CCN(C)C)Cc1ccc(C(N)=NO)cc1. The third kappa shape index (κ3) is 5.59. The molecular weight excluding hydrogens is 252 g/mol. The van der Waals surface area contributed by atoms with Crippen LogP contribution in [0.5, 0.6) is 0 Å². The first kappa shape index (κ1) is 16.5. The summed E-state index contributed by atoms with van der Waals surface area (Å²) >= 11 is 0. The number of oxime groups is 1. The second-order valence-corrected chi connectivity index (χ2v) is 5.26. The molecule has 0 saturated carbocycles. The summed E-state index contributed by atoms with van der Waals surface area (Å²) in [6.07, 6.45) is 1.15. The van der Waals surface area contributed by atoms with Crippen molar-refractivity contribution in [3.05, 3.63) is 35.4 Å². The highest BCUT2D eigenvalue weighted by Crippen LogP contribution is 2.08. The van der Waals surface area contributed by atoms with Crippen molar-refractivity contribution in [2.24, 2.45) is 10.9 Å². The van der Waals surface area contributed by atoms with Gasteiger partial charge in [0.15, 0.2) is 5.84 Å². The van der Waals surface area contributed by atoms with Crippen molar-refractivity contribution in [2.45, 2.75) is 19.9 Å². The lowest BCUT2D eigenvalue weighted by molar-refractivity contribution is 0.234. The van der Waals surface area contributed by atoms with Crippen LogP contribution in [-0.4, -0.2) is 54.6 Å². The lowest BCUT2D eigenvalue weighted by Crippen LogP contribution is -2.32. The van der Waals surface area contributed by atoms with E-state index in [0.717, 1.165) is 38.2 Å². The summed E-state index contributed by atoms with van der Waals surface area (Å²) in [5, 5.41) is 11.7. The van der Waals surface area contributed by atoms with Gasteiger partial charge >= 0.3 is 0 Å². The molecule has 0 amide bonds. The number of rotatable bonds is 8. The molecule has 0 aliphatic carbocycles. The summed E-state index contributed by atoms with van der Waals surface area (Å²) < 4.78 is 0. The minimum atomic E-state index is 0.148. The molecule has 1 rings (SSSR count). The molecule has 0 radical (unpaired) electrons. The molecular formula is C15H26N4O. The van der Waals surface area contributed by atoms with Crippen LogP contribution in [-0.2, 0) is 6.54 Å². The smallest absolute Gasteiger partial charge is 0.170 e. The van der Waals surface area contributed by atoms with Crippen molar-refractivity contribution in [3.8, 4) is 0 Å². The van der Waals surface area contributed by atoms with E-state index in [1.54, 1.807) is 0 Å². The van der Waals surface area contributed by atoms with Gasteiger partial charge in [0.25, 0.3) is 0 Å². The lowest BCUT2D eigenvalue weighted by atomic mass is 10.1. The van der Waals surface area contributed by atoms with Crippen molar-refractivity contribution in [2.75, 3.05) is 33.7 Å². The molecule has 5 nitrogen and oxygen atoms in total. The van der Waals surface area contributed by atoms with E-state index < -0.39 is 0 Å². The van der Waals surface area contributed by atoms with Gasteiger partial charge in [0.2, 0.25) is 0 Å². The first-order valence-corrected chi connectivity index (χ1v) is 7.00. The van der Waals surface area contributed by atoms with Gasteiger partial charge in [-0.1, -0.05) is 36.3 Å². The van der Waals surface area contributed by atoms with E-state index in [2.05, 4.69) is 36.0 Å². The highest BCUT2D eigenvalue weighted by molar-refractivity contribution is 5.96. The number of amidine groups is 1. The van der Waals surface area contributed by atoms with Crippen LogP contribution in [0.25, 0.3) is 0 Å². The van der Waals surface area contributed by atoms with Crippen LogP contribution in [0.4, 0.5) is 0 Å². The maximum Gasteiger partial charge on any atom is 0.170 e. The molecule has 0 spiro atoms. The Morgan fingerprint density at radius 1 is 1.15 bits per heavy atom. The lowest BCUT2D eigenvalue weighted by Gasteiger charge is -2.23. The predicted molar refractivity (Wildman–Crippen MR) is 83.1 cm³/mol. The Hall–Kier alpha value is -1.59. The van der Waals surface area contributed by atoms with Crippen LogP contribution < -0.4 is 5.73 Å². The van der Waals surface area contributed by atoms with Crippen LogP contribution in [0.2, 0.25) is 0 Å². The molecule has 0 aliphatic rings. The van der Waals surface area contributed by atoms with Gasteiger partial charge in [-0.2, -0.15) is 0 Å². The first-order chi connectivity index (χ1) is 9.56. The molecule has 1 aromatic carbocycles. The Balaban J connectivity index is 2.63. The van der Waals surface area contributed by atoms with Gasteiger partial charge in [0, 0.05) is 25.2 Å². The quantitative estimate of drug-likeness (QED) is 0.328. The zero-order valence-electron chi connectivity index (χ0n) is 12.7. The third-order valence-electron chi connectivity index (χ3n) is 3.17. The Bertz CT molecular complexity index is 414. The van der Waals surface area contributed by atoms with Crippen LogP contribution in [0.3, 0.4) is 0 Å². The van der Waals surface area contributed by atoms with Crippen LogP contribution in [0.15, 0.2) is 29.4 Å². The van der Waals surface area contributed by atoms with Crippen molar-refractivity contribution in [3.63, 3.8) is 0 Å². The Labute approximate surface area is 121 Å². The van der Waals surface area contributed by atoms with Gasteiger partial charge in [-0.25, -0.2) is 0 Å². The molecule has 0 unspecified atom stereocenters. The normalized spacial score (nSPS) is 12.3. The molecule has 3 N–H and O–H groups in total. The number of likely N-dealkylation sites (N-methyl/N-ethyl adjacent to an activating group) is 1. The summed E-state index contributed by atoms with van der Waals surface area (Å²) in [7, 11) is 4.19. The fourth-order valence-electron chi connectivity index (χ4n) is 2.02. The third-order valence-corrected chi connectivity index (χ3v) is 3.17. The van der Waals surface area contributed by atoms with E-state index >= 15 is 0 Å². The molecule has 0 atom stereocenters. The van der Waals surface area contributed by atoms with E-state index in [1.807, 2.05) is 24.3 Å². The molecule has 0 fully saturated rings. The highest BCUT2D eigenvalue weighted by Gasteiger charge is 2.06. The summed E-state index contributed by atoms with van der Waals surface area (Å²) in [6, 6.07) is 7.85. The number of hydrogen-bond acceptors (Lipinski definition) is 4. The fourth-order valence-corrected chi connectivity index (χ4v) is 2.02. The number of benzene rings is 1. The van der Waals surface area contributed by atoms with Crippen LogP contribution in [0.1, 0.15) is 24.5 Å². The molecule has 0 aromatic heterocycles. The van der Waals surface area contributed by atoms with Gasteiger partial charge in [0.05, 0.1) is 0 Å². The summed E-state index contributed by atoms with van der Waals surface area (Å²) in [5.41, 5.74) is 7.54. The van der Waals surface area contributed by atoms with Crippen molar-refractivity contribution in [1.82, 2.24) is 9.80 Å². The van der Waals surface area contributed by atoms with Gasteiger partial charge in [-0.3, -0.25) is 4.90 Å². The standard InChI is InChI=1S/C15H26N4O/c1-4-9-19(11-10-18(2)3)12-13-5-7-14(8-6-13)15(16)17-20/h5-8,20H,4,9-12H2,1-3H3,(H2,16,17). The largest absolute Gasteiger partial charge is 0.409 e. The Morgan fingerprint density at radius 2 is 1.80 bits per heavy atom. The molecule has 1 aromatic rings. The minimum Gasteiger partial charge on any atom is -0.409 e. The summed E-state index contributed by atoms with van der Waals surface area (Å²) in [5.74, 6) is 0.148. The fraction of sp³-hybridized carbons (Fsp3) is 0.533. The second-order valence-electron chi connectivity index (χ2n) is 5.26. The Morgan fingerprint density at radius 3 is 2.30 bits per heavy atom. The number of nitrogens with zero attached hydrogens (tertiary/aromatic N) is 3. The van der Waals surface area contributed by atoms with Crippen molar-refractivity contribution < 1.29 is 5.21 Å². The molecule has 5 heteroatoms. The summed E-state index contributed by atoms with van der Waals surface area (Å²) in [6.45, 7) is 6.34. The van der Waals surface area contributed by atoms with Gasteiger partial charge < -0.3 is 15.8 Å². The van der Waals surface area contributed by atoms with E-state index in [1.165, 1.54) is 5.56 Å². The zero-order valence-corrected chi connectivity index (χ0v) is 12.7. The maximum absolute atomic E-state index is 8.64. The predicted octanol–water partition coefficient (Wildman–Crippen LogP) is 1.55. The van der Waals surface area contributed by atoms with E-state index in [-0.39, 0.29) is 5.84 Å². The molecule has 20 heavy (non-hydrogen) atoms. The van der Waals surface area contributed by atoms with Crippen molar-refractivity contribution in [1.29, 1.82) is 0 Å². The molecule has 0 bridgehead atoms. The van der Waals surface area contributed by atoms with Gasteiger partial charge in [-0.15, -0.1) is 0 Å². The monoisotopic (exact) mass is 278 g/mol. The maximum atomic E-state index is 8.64. The topological polar surface area (TPSA) is 65.1 Å². The molecule has 0 aliphatic heterocycles. The average molecular weight is 278 g/mol. The second kappa shape index (κ2) is 8.55. The average Bonchev–Trinajstić information content (AvgIpc) is 2.45. The van der Waals surface area contributed by atoms with Crippen LogP contribution >= 0.6 is 0 Å². The minimum absolute atomic E-state index is 0.148. The van der Waals surface area contributed by atoms with E-state index in [9.17, 15) is 0 Å². The first-order valence-electron chi connectivity index (χ1n) is 7.00. The number of nitrogens with two attached hydrogens (primary N) is 1. The van der Waals surface area contributed by atoms with Gasteiger partial charge in [-0.05, 0) is 32.6 Å². The zero-order chi connectivity index (χ0) is 15.0. The van der Waals surface area contributed by atoms with Crippen LogP contribution in [0, 0.1) is 0 Å². The Kier molecular flexibility index (Phi) is 7.04.